The fraction of sp³-hybridized carbons (Fsp3) is 0.0597. The molecule has 0 unspecified atom stereocenters. The van der Waals surface area contributed by atoms with Crippen LogP contribution in [0.15, 0.2) is 231 Å². The van der Waals surface area contributed by atoms with Gasteiger partial charge in [0.2, 0.25) is 0 Å². The molecule has 68 heavy (non-hydrogen) atoms. The average molecular weight is 862 g/mol. The third-order valence-electron chi connectivity index (χ3n) is 15.9. The lowest BCUT2D eigenvalue weighted by Gasteiger charge is -2.38. The second kappa shape index (κ2) is 14.2. The van der Waals surface area contributed by atoms with Gasteiger partial charge in [0, 0.05) is 0 Å². The highest BCUT2D eigenvalue weighted by molar-refractivity contribution is 5.97. The fourth-order valence-corrected chi connectivity index (χ4v) is 13.3. The lowest BCUT2D eigenvalue weighted by Crippen LogP contribution is -2.32. The van der Waals surface area contributed by atoms with Gasteiger partial charge >= 0.3 is 0 Å². The summed E-state index contributed by atoms with van der Waals surface area (Å²) < 4.78 is 0. The van der Waals surface area contributed by atoms with Crippen molar-refractivity contribution in [3.05, 3.63) is 320 Å². The van der Waals surface area contributed by atoms with E-state index in [1.54, 1.807) is 0 Å². The summed E-state index contributed by atoms with van der Waals surface area (Å²) >= 11 is 0. The van der Waals surface area contributed by atoms with Crippen LogP contribution in [0.5, 0.6) is 0 Å². The van der Waals surface area contributed by atoms with Crippen molar-refractivity contribution in [3.8, 4) is 39.4 Å². The number of aryl methyl sites for hydroxylation is 1. The van der Waals surface area contributed by atoms with Crippen molar-refractivity contribution in [1.29, 1.82) is 5.26 Å². The molecule has 4 aliphatic rings. The number of nitrogens with zero attached hydrogens (tertiary/aromatic N) is 1. The Morgan fingerprint density at radius 3 is 1.10 bits per heavy atom. The highest BCUT2D eigenvalue weighted by Gasteiger charge is 2.54. The van der Waals surface area contributed by atoms with E-state index in [2.05, 4.69) is 250 Å². The molecule has 10 aromatic rings. The van der Waals surface area contributed by atoms with Crippen molar-refractivity contribution >= 4 is 12.2 Å². The van der Waals surface area contributed by atoms with Crippen LogP contribution in [0.1, 0.15) is 89.0 Å². The maximum absolute atomic E-state index is 10.5. The van der Waals surface area contributed by atoms with Gasteiger partial charge in [-0.05, 0) is 155 Å². The molecule has 0 saturated heterocycles. The largest absolute Gasteiger partial charge is 0.192 e. The van der Waals surface area contributed by atoms with Crippen LogP contribution in [0.2, 0.25) is 0 Å². The molecule has 316 valence electrons. The third kappa shape index (κ3) is 4.84. The fourth-order valence-electron chi connectivity index (χ4n) is 13.3. The Kier molecular flexibility index (Phi) is 8.09. The zero-order valence-corrected chi connectivity index (χ0v) is 37.5. The maximum atomic E-state index is 10.5. The molecule has 0 bridgehead atoms. The first kappa shape index (κ1) is 38.7. The van der Waals surface area contributed by atoms with Crippen LogP contribution in [0.25, 0.3) is 45.5 Å². The molecule has 10 aromatic carbocycles. The number of benzene rings is 10. The summed E-state index contributed by atoms with van der Waals surface area (Å²) in [5.41, 5.74) is 24.8. The quantitative estimate of drug-likeness (QED) is 0.173. The Morgan fingerprint density at radius 1 is 0.294 bits per heavy atom. The number of hydrogen-bond donors (Lipinski definition) is 0. The van der Waals surface area contributed by atoms with Crippen LogP contribution >= 0.6 is 0 Å². The summed E-state index contributed by atoms with van der Waals surface area (Å²) in [6.07, 6.45) is 4.82. The molecule has 0 aliphatic heterocycles. The van der Waals surface area contributed by atoms with Gasteiger partial charge in [-0.3, -0.25) is 0 Å². The summed E-state index contributed by atoms with van der Waals surface area (Å²) in [6.45, 7) is 2.22. The van der Waals surface area contributed by atoms with Gasteiger partial charge in [-0.25, -0.2) is 0 Å². The van der Waals surface area contributed by atoms with Crippen molar-refractivity contribution < 1.29 is 0 Å². The Balaban J connectivity index is 1.14. The second-order valence-electron chi connectivity index (χ2n) is 19.0. The summed E-state index contributed by atoms with van der Waals surface area (Å²) in [5.74, 6) is 0. The Morgan fingerprint density at radius 2 is 0.662 bits per heavy atom. The zero-order chi connectivity index (χ0) is 45.2. The van der Waals surface area contributed by atoms with Crippen LogP contribution in [0.3, 0.4) is 0 Å². The lowest BCUT2D eigenvalue weighted by molar-refractivity contribution is 0.747. The Hall–Kier alpha value is -8.57. The summed E-state index contributed by atoms with van der Waals surface area (Å²) in [4.78, 5) is 0. The van der Waals surface area contributed by atoms with Gasteiger partial charge in [-0.2, -0.15) is 5.26 Å². The summed E-state index contributed by atoms with van der Waals surface area (Å²) in [6, 6.07) is 88.6. The predicted octanol–water partition coefficient (Wildman–Crippen LogP) is 15.4. The van der Waals surface area contributed by atoms with E-state index >= 15 is 0 Å². The van der Waals surface area contributed by atoms with Crippen molar-refractivity contribution in [2.45, 2.75) is 23.2 Å². The molecule has 14 rings (SSSR count). The molecule has 0 fully saturated rings. The number of nitriles is 1. The van der Waals surface area contributed by atoms with Crippen LogP contribution in [-0.4, -0.2) is 0 Å². The van der Waals surface area contributed by atoms with Gasteiger partial charge in [0.25, 0.3) is 0 Å². The minimum atomic E-state index is -0.682. The maximum Gasteiger partial charge on any atom is 0.0991 e. The van der Waals surface area contributed by atoms with E-state index in [0.29, 0.717) is 5.56 Å². The van der Waals surface area contributed by atoms with Gasteiger partial charge in [0.15, 0.2) is 0 Å². The highest BCUT2D eigenvalue weighted by atomic mass is 14.5. The monoisotopic (exact) mass is 861 g/mol. The van der Waals surface area contributed by atoms with Crippen LogP contribution in [0.4, 0.5) is 0 Å². The molecule has 1 nitrogen and oxygen atoms in total. The molecule has 0 amide bonds. The summed E-state index contributed by atoms with van der Waals surface area (Å²) in [5, 5.41) is 10.5. The molecule has 1 spiro atoms. The number of fused-ring (bicyclic) bond motifs is 15. The smallest absolute Gasteiger partial charge is 0.0991 e. The minimum Gasteiger partial charge on any atom is -0.192 e. The molecule has 1 heteroatoms. The van der Waals surface area contributed by atoms with Crippen LogP contribution in [-0.2, 0) is 16.2 Å². The van der Waals surface area contributed by atoms with Crippen LogP contribution < -0.4 is 0 Å². The van der Waals surface area contributed by atoms with E-state index < -0.39 is 16.2 Å². The minimum absolute atomic E-state index is 0.544. The molecular weight excluding hydrogens is 819 g/mol. The zero-order valence-electron chi connectivity index (χ0n) is 37.5. The standard InChI is InChI=1S/C67H43N/c1-43-30-34-53-55-40-59-45(38-63(55)65(61(53)36-43,47-18-6-2-7-19-47)48-20-8-3-9-21-48)32-33-46-39-64-56(41-60(46)67(59)57-28-16-14-26-51(57)52-27-15-17-29-58(52)67)54-35-31-44(42-68)37-62(54)66(64,49-22-10-4-11-23-49)50-24-12-5-13-25-50/h2-41H,1H3. The van der Waals surface area contributed by atoms with E-state index in [1.165, 1.54) is 106 Å². The lowest BCUT2D eigenvalue weighted by atomic mass is 9.63. The molecule has 4 aliphatic carbocycles. The number of hydrogen-bond acceptors (Lipinski definition) is 1. The van der Waals surface area contributed by atoms with E-state index in [1.807, 2.05) is 6.07 Å². The molecular formula is C67H43N. The first-order valence-corrected chi connectivity index (χ1v) is 23.7. The van der Waals surface area contributed by atoms with E-state index in [-0.39, 0.29) is 0 Å². The van der Waals surface area contributed by atoms with E-state index in [9.17, 15) is 5.26 Å². The molecule has 0 aromatic heterocycles. The van der Waals surface area contributed by atoms with E-state index in [4.69, 9.17) is 0 Å². The first-order chi connectivity index (χ1) is 33.6. The average Bonchev–Trinajstić information content (AvgIpc) is 3.93. The van der Waals surface area contributed by atoms with Crippen molar-refractivity contribution in [3.63, 3.8) is 0 Å². The molecule has 0 saturated carbocycles. The van der Waals surface area contributed by atoms with Crippen molar-refractivity contribution in [2.75, 3.05) is 0 Å². The van der Waals surface area contributed by atoms with Crippen LogP contribution in [0, 0.1) is 18.3 Å². The van der Waals surface area contributed by atoms with Crippen molar-refractivity contribution in [2.24, 2.45) is 0 Å². The summed E-state index contributed by atoms with van der Waals surface area (Å²) in [7, 11) is 0. The first-order valence-electron chi connectivity index (χ1n) is 23.7. The Labute approximate surface area is 397 Å². The normalized spacial score (nSPS) is 15.1. The van der Waals surface area contributed by atoms with Gasteiger partial charge in [-0.1, -0.05) is 212 Å². The molecule has 0 atom stereocenters. The highest BCUT2D eigenvalue weighted by Crippen LogP contribution is 2.65. The molecule has 0 N–H and O–H groups in total. The van der Waals surface area contributed by atoms with Gasteiger partial charge < -0.3 is 0 Å². The predicted molar refractivity (Wildman–Crippen MR) is 277 cm³/mol. The van der Waals surface area contributed by atoms with Crippen molar-refractivity contribution in [1.82, 2.24) is 0 Å². The Bertz CT molecular complexity index is 3670. The van der Waals surface area contributed by atoms with Gasteiger partial charge in [0.1, 0.15) is 0 Å². The van der Waals surface area contributed by atoms with E-state index in [0.717, 1.165) is 11.1 Å². The second-order valence-corrected chi connectivity index (χ2v) is 19.0. The molecule has 0 radical (unpaired) electrons. The number of rotatable bonds is 4. The van der Waals surface area contributed by atoms with Gasteiger partial charge in [-0.15, -0.1) is 0 Å². The van der Waals surface area contributed by atoms with Gasteiger partial charge in [0.05, 0.1) is 27.9 Å². The topological polar surface area (TPSA) is 23.8 Å². The third-order valence-corrected chi connectivity index (χ3v) is 15.9. The SMILES string of the molecule is Cc1ccc2c(c1)C(c1ccccc1)(c1ccccc1)c1cc3c(cc1-2)C1(c2cc4c(cc2C=C3)C(c2ccccc2)(c2ccccc2)c2cc(C#N)ccc2-4)c2ccccc2-c2ccccc21. The molecule has 0 heterocycles.